The Morgan fingerprint density at radius 3 is 2.48 bits per heavy atom. The Kier molecular flexibility index (Phi) is 4.01. The van der Waals surface area contributed by atoms with Crippen molar-refractivity contribution in [1.29, 1.82) is 0 Å². The van der Waals surface area contributed by atoms with E-state index >= 15 is 0 Å². The molecule has 0 unspecified atom stereocenters. The van der Waals surface area contributed by atoms with Crippen LogP contribution in [0.25, 0.3) is 11.2 Å². The summed E-state index contributed by atoms with van der Waals surface area (Å²) in [5.74, 6) is 1.34. The van der Waals surface area contributed by atoms with Gasteiger partial charge in [0.15, 0.2) is 5.65 Å². The molecule has 0 radical (unpaired) electrons. The third-order valence-electron chi connectivity index (χ3n) is 6.06. The van der Waals surface area contributed by atoms with E-state index in [2.05, 4.69) is 27.5 Å². The van der Waals surface area contributed by atoms with Crippen molar-refractivity contribution in [1.82, 2.24) is 24.5 Å². The molecule has 3 heterocycles. The van der Waals surface area contributed by atoms with Crippen molar-refractivity contribution in [2.45, 2.75) is 57.4 Å². The highest BCUT2D eigenvalue weighted by Crippen LogP contribution is 2.41. The van der Waals surface area contributed by atoms with Crippen molar-refractivity contribution in [2.24, 2.45) is 0 Å². The van der Waals surface area contributed by atoms with E-state index in [1.807, 2.05) is 19.1 Å². The molecular formula is C22H23N5O2. The number of aromatic nitrogens is 5. The van der Waals surface area contributed by atoms with Gasteiger partial charge in [0.1, 0.15) is 22.6 Å². The van der Waals surface area contributed by atoms with E-state index in [-0.39, 0.29) is 0 Å². The molecule has 1 N–H and O–H groups in total. The van der Waals surface area contributed by atoms with E-state index < -0.39 is 11.4 Å². The van der Waals surface area contributed by atoms with Crippen molar-refractivity contribution in [3.8, 4) is 0 Å². The molecule has 3 aromatic heterocycles. The first-order chi connectivity index (χ1) is 14.0. The highest BCUT2D eigenvalue weighted by atomic mass is 16.4. The number of aliphatic carboxylic acids is 1. The molecule has 148 valence electrons. The van der Waals surface area contributed by atoms with Crippen molar-refractivity contribution < 1.29 is 9.90 Å². The molecule has 0 saturated heterocycles. The van der Waals surface area contributed by atoms with Gasteiger partial charge in [0.05, 0.1) is 6.54 Å². The summed E-state index contributed by atoms with van der Waals surface area (Å²) in [6.45, 7) is 4.54. The van der Waals surface area contributed by atoms with Gasteiger partial charge in [0, 0.05) is 29.6 Å². The zero-order chi connectivity index (χ0) is 20.2. The predicted molar refractivity (Wildman–Crippen MR) is 108 cm³/mol. The number of aryl methyl sites for hydroxylation is 2. The first kappa shape index (κ1) is 18.0. The molecule has 5 rings (SSSR count). The number of carboxylic acid groups (broad SMARTS) is 1. The molecule has 0 aliphatic heterocycles. The lowest BCUT2D eigenvalue weighted by molar-refractivity contribution is -0.143. The Hall–Kier alpha value is -3.09. The Morgan fingerprint density at radius 1 is 1.17 bits per heavy atom. The van der Waals surface area contributed by atoms with Gasteiger partial charge in [0.25, 0.3) is 0 Å². The number of rotatable bonds is 5. The monoisotopic (exact) mass is 389 g/mol. The fourth-order valence-electron chi connectivity index (χ4n) is 4.24. The highest BCUT2D eigenvalue weighted by molar-refractivity contribution is 5.82. The minimum Gasteiger partial charge on any atom is -0.481 e. The van der Waals surface area contributed by atoms with Crippen molar-refractivity contribution in [2.75, 3.05) is 0 Å². The number of carboxylic acids is 1. The molecule has 0 aromatic carbocycles. The molecule has 7 heteroatoms. The summed E-state index contributed by atoms with van der Waals surface area (Å²) >= 11 is 0. The third kappa shape index (κ3) is 2.92. The van der Waals surface area contributed by atoms with Gasteiger partial charge in [0.2, 0.25) is 0 Å². The van der Waals surface area contributed by atoms with Crippen LogP contribution in [0, 0.1) is 13.8 Å². The number of carbonyl (C=O) groups is 1. The molecular weight excluding hydrogens is 366 g/mol. The van der Waals surface area contributed by atoms with Crippen molar-refractivity contribution in [3.63, 3.8) is 0 Å². The van der Waals surface area contributed by atoms with Gasteiger partial charge in [-0.15, -0.1) is 0 Å². The lowest BCUT2D eigenvalue weighted by Gasteiger charge is -2.23. The van der Waals surface area contributed by atoms with E-state index in [1.165, 1.54) is 0 Å². The van der Waals surface area contributed by atoms with Crippen molar-refractivity contribution in [3.05, 3.63) is 59.1 Å². The molecule has 1 saturated carbocycles. The fourth-order valence-corrected chi connectivity index (χ4v) is 4.24. The lowest BCUT2D eigenvalue weighted by Crippen LogP contribution is -2.33. The SMILES string of the molecule is Cc1cc(C)c2nc(C3CC3)n(Cc3ncc(C4(C(=O)O)CC=CC4)cn3)c2n1. The van der Waals surface area contributed by atoms with Gasteiger partial charge in [-0.05, 0) is 51.2 Å². The first-order valence-corrected chi connectivity index (χ1v) is 10.0. The number of pyridine rings is 1. The topological polar surface area (TPSA) is 93.8 Å². The van der Waals surface area contributed by atoms with Gasteiger partial charge >= 0.3 is 5.97 Å². The van der Waals surface area contributed by atoms with E-state index in [0.717, 1.165) is 41.1 Å². The summed E-state index contributed by atoms with van der Waals surface area (Å²) in [6, 6.07) is 2.06. The molecule has 2 aliphatic rings. The number of hydrogen-bond acceptors (Lipinski definition) is 5. The van der Waals surface area contributed by atoms with E-state index in [9.17, 15) is 9.90 Å². The molecule has 0 spiro atoms. The maximum atomic E-state index is 11.9. The van der Waals surface area contributed by atoms with Crippen LogP contribution in [-0.4, -0.2) is 35.6 Å². The molecule has 1 fully saturated rings. The van der Waals surface area contributed by atoms with Crippen LogP contribution in [0.2, 0.25) is 0 Å². The predicted octanol–water partition coefficient (Wildman–Crippen LogP) is 3.44. The number of nitrogens with zero attached hydrogens (tertiary/aromatic N) is 5. The largest absolute Gasteiger partial charge is 0.481 e. The Morgan fingerprint density at radius 2 is 1.86 bits per heavy atom. The summed E-state index contributed by atoms with van der Waals surface area (Å²) in [7, 11) is 0. The van der Waals surface area contributed by atoms with Gasteiger partial charge in [-0.2, -0.15) is 0 Å². The number of imidazole rings is 1. The van der Waals surface area contributed by atoms with Crippen LogP contribution in [0.15, 0.2) is 30.6 Å². The van der Waals surface area contributed by atoms with Crippen LogP contribution >= 0.6 is 0 Å². The Balaban J connectivity index is 1.52. The second-order valence-electron chi connectivity index (χ2n) is 8.24. The van der Waals surface area contributed by atoms with Crippen LogP contribution in [0.3, 0.4) is 0 Å². The van der Waals surface area contributed by atoms with Crippen molar-refractivity contribution >= 4 is 17.1 Å². The Labute approximate surface area is 168 Å². The van der Waals surface area contributed by atoms with E-state index in [0.29, 0.717) is 36.7 Å². The van der Waals surface area contributed by atoms with Crippen LogP contribution in [0.4, 0.5) is 0 Å². The first-order valence-electron chi connectivity index (χ1n) is 10.0. The molecule has 0 amide bonds. The number of allylic oxidation sites excluding steroid dienone is 2. The zero-order valence-corrected chi connectivity index (χ0v) is 16.6. The summed E-state index contributed by atoms with van der Waals surface area (Å²) in [5.41, 5.74) is 3.62. The smallest absolute Gasteiger partial charge is 0.314 e. The number of hydrogen-bond donors (Lipinski definition) is 1. The minimum absolute atomic E-state index is 0.475. The van der Waals surface area contributed by atoms with Crippen LogP contribution < -0.4 is 0 Å². The second kappa shape index (κ2) is 6.47. The van der Waals surface area contributed by atoms with Gasteiger partial charge in [-0.1, -0.05) is 12.2 Å². The van der Waals surface area contributed by atoms with E-state index in [1.54, 1.807) is 12.4 Å². The normalized spacial score (nSPS) is 17.9. The summed E-state index contributed by atoms with van der Waals surface area (Å²) in [4.78, 5) is 30.5. The molecule has 3 aromatic rings. The average Bonchev–Trinajstić information content (AvgIpc) is 3.29. The zero-order valence-electron chi connectivity index (χ0n) is 16.6. The summed E-state index contributed by atoms with van der Waals surface area (Å²) in [6.07, 6.45) is 10.4. The van der Waals surface area contributed by atoms with Gasteiger partial charge in [-0.3, -0.25) is 4.79 Å². The quantitative estimate of drug-likeness (QED) is 0.672. The summed E-state index contributed by atoms with van der Waals surface area (Å²) < 4.78 is 2.13. The van der Waals surface area contributed by atoms with Gasteiger partial charge in [-0.25, -0.2) is 19.9 Å². The average molecular weight is 389 g/mol. The molecule has 29 heavy (non-hydrogen) atoms. The highest BCUT2D eigenvalue weighted by Gasteiger charge is 2.41. The van der Waals surface area contributed by atoms with E-state index in [4.69, 9.17) is 9.97 Å². The Bertz CT molecular complexity index is 1130. The molecule has 0 bridgehead atoms. The maximum absolute atomic E-state index is 11.9. The molecule has 0 atom stereocenters. The number of fused-ring (bicyclic) bond motifs is 1. The molecule has 7 nitrogen and oxygen atoms in total. The standard InChI is InChI=1S/C22H23N5O2/c1-13-9-14(2)25-20-18(13)26-19(15-5-6-15)27(20)12-17-23-10-16(11-24-17)22(21(28)29)7-3-4-8-22/h3-4,9-11,15H,5-8,12H2,1-2H3,(H,28,29). The fraction of sp³-hybridized carbons (Fsp3) is 0.409. The lowest BCUT2D eigenvalue weighted by atomic mass is 9.80. The maximum Gasteiger partial charge on any atom is 0.314 e. The minimum atomic E-state index is -0.935. The van der Waals surface area contributed by atoms with Crippen LogP contribution in [0.5, 0.6) is 0 Å². The van der Waals surface area contributed by atoms with Crippen LogP contribution in [0.1, 0.15) is 60.1 Å². The second-order valence-corrected chi connectivity index (χ2v) is 8.24. The van der Waals surface area contributed by atoms with Gasteiger partial charge < -0.3 is 9.67 Å². The molecule has 2 aliphatic carbocycles. The third-order valence-corrected chi connectivity index (χ3v) is 6.06. The van der Waals surface area contributed by atoms with Crippen LogP contribution in [-0.2, 0) is 16.8 Å². The summed E-state index contributed by atoms with van der Waals surface area (Å²) in [5, 5.41) is 9.75.